The van der Waals surface area contributed by atoms with E-state index in [0.717, 1.165) is 13.4 Å². The molecule has 100 valence electrons. The molecule has 4 heteroatoms. The number of halogens is 2. The van der Waals surface area contributed by atoms with Crippen LogP contribution >= 0.6 is 70.4 Å². The summed E-state index contributed by atoms with van der Waals surface area (Å²) in [5.41, 5.74) is 0. The quantitative estimate of drug-likeness (QED) is 0.165. The van der Waals surface area contributed by atoms with Gasteiger partial charge in [0, 0.05) is 0 Å². The molecule has 0 spiro atoms. The molecule has 0 amide bonds. The van der Waals surface area contributed by atoms with Gasteiger partial charge in [0.05, 0.1) is 1.93 Å². The lowest BCUT2D eigenvalue weighted by molar-refractivity contribution is 0.630. The van der Waals surface area contributed by atoms with Gasteiger partial charge in [0.25, 0.3) is 0 Å². The van der Waals surface area contributed by atoms with Crippen LogP contribution in [0, 0.1) is 0 Å². The third-order valence-electron chi connectivity index (χ3n) is 2.07. The van der Waals surface area contributed by atoms with E-state index in [0.29, 0.717) is 0 Å². The van der Waals surface area contributed by atoms with Crippen LogP contribution in [-0.2, 0) is 0 Å². The van der Waals surface area contributed by atoms with Crippen molar-refractivity contribution in [3.8, 4) is 0 Å². The molecule has 0 aliphatic heterocycles. The number of hydrogen-bond acceptors (Lipinski definition) is 2. The van der Waals surface area contributed by atoms with Crippen molar-refractivity contribution < 1.29 is 0 Å². The summed E-state index contributed by atoms with van der Waals surface area (Å²) in [4.78, 5) is 0. The van der Waals surface area contributed by atoms with Crippen LogP contribution in [0.1, 0.15) is 58.3 Å². The van der Waals surface area contributed by atoms with Gasteiger partial charge >= 0.3 is 0 Å². The Hall–Kier alpha value is 2.16. The standard InChI is InChI=1S/C8H18S2.C4H8I2/c9-7-5-3-1-2-4-6-8-10;1-2-3-4(5)6/h9-10H,1-8H2;4H,2-3H2,1H3. The molecule has 0 saturated heterocycles. The molecule has 0 nitrogen and oxygen atoms in total. The topological polar surface area (TPSA) is 0 Å². The predicted octanol–water partition coefficient (Wildman–Crippen LogP) is 6.17. The Kier molecular flexibility index (Phi) is 25.0. The zero-order chi connectivity index (χ0) is 12.6. The second-order valence-corrected chi connectivity index (χ2v) is 10.0. The number of thiol groups is 2. The van der Waals surface area contributed by atoms with Crippen molar-refractivity contribution in [1.29, 1.82) is 0 Å². The first-order valence-electron chi connectivity index (χ1n) is 6.18. The molecular weight excluding hydrogens is 462 g/mol. The van der Waals surface area contributed by atoms with Crippen molar-refractivity contribution in [1.82, 2.24) is 0 Å². The molecule has 0 radical (unpaired) electrons. The number of hydrogen-bond donors (Lipinski definition) is 2. The summed E-state index contributed by atoms with van der Waals surface area (Å²) in [6.07, 6.45) is 10.7. The number of rotatable bonds is 9. The highest BCUT2D eigenvalue weighted by Crippen LogP contribution is 2.14. The fourth-order valence-corrected chi connectivity index (χ4v) is 2.84. The lowest BCUT2D eigenvalue weighted by Crippen LogP contribution is -1.81. The van der Waals surface area contributed by atoms with Gasteiger partial charge in [-0.1, -0.05) is 84.2 Å². The van der Waals surface area contributed by atoms with Gasteiger partial charge in [-0.25, -0.2) is 0 Å². The Morgan fingerprint density at radius 3 is 1.38 bits per heavy atom. The molecule has 0 aromatic carbocycles. The highest BCUT2D eigenvalue weighted by molar-refractivity contribution is 14.2. The third-order valence-corrected chi connectivity index (χ3v) is 3.95. The maximum absolute atomic E-state index is 4.15. The Morgan fingerprint density at radius 2 is 1.19 bits per heavy atom. The van der Waals surface area contributed by atoms with Crippen molar-refractivity contribution in [2.24, 2.45) is 0 Å². The predicted molar refractivity (Wildman–Crippen MR) is 102 cm³/mol. The summed E-state index contributed by atoms with van der Waals surface area (Å²) in [6.45, 7) is 2.21. The van der Waals surface area contributed by atoms with Crippen LogP contribution in [0.2, 0.25) is 0 Å². The minimum Gasteiger partial charge on any atom is -0.179 e. The fourth-order valence-electron chi connectivity index (χ4n) is 1.15. The SMILES string of the molecule is CCCC(I)I.SCCCCCCCCS. The van der Waals surface area contributed by atoms with Crippen molar-refractivity contribution in [2.45, 2.75) is 60.2 Å². The van der Waals surface area contributed by atoms with Gasteiger partial charge in [-0.05, 0) is 30.8 Å². The summed E-state index contributed by atoms with van der Waals surface area (Å²) >= 11 is 13.2. The molecule has 0 heterocycles. The number of alkyl halides is 2. The van der Waals surface area contributed by atoms with Crippen LogP contribution in [0.3, 0.4) is 0 Å². The molecule has 0 aromatic rings. The van der Waals surface area contributed by atoms with Crippen LogP contribution in [0.5, 0.6) is 0 Å². The molecule has 0 aromatic heterocycles. The minimum absolute atomic E-state index is 0.838. The van der Waals surface area contributed by atoms with Gasteiger partial charge in [0.2, 0.25) is 0 Å². The molecule has 16 heavy (non-hydrogen) atoms. The highest BCUT2D eigenvalue weighted by Gasteiger charge is 1.90. The van der Waals surface area contributed by atoms with E-state index in [4.69, 9.17) is 0 Å². The molecule has 0 bridgehead atoms. The van der Waals surface area contributed by atoms with E-state index in [2.05, 4.69) is 77.4 Å². The molecule has 0 aliphatic rings. The van der Waals surface area contributed by atoms with Crippen LogP contribution in [-0.4, -0.2) is 13.4 Å². The van der Waals surface area contributed by atoms with E-state index >= 15 is 0 Å². The van der Waals surface area contributed by atoms with Gasteiger partial charge in [-0.15, -0.1) is 0 Å². The van der Waals surface area contributed by atoms with Crippen molar-refractivity contribution >= 4 is 70.4 Å². The average Bonchev–Trinajstić information content (AvgIpc) is 2.24. The summed E-state index contributed by atoms with van der Waals surface area (Å²) < 4.78 is 0.838. The zero-order valence-corrected chi connectivity index (χ0v) is 16.4. The second-order valence-electron chi connectivity index (χ2n) is 3.75. The third kappa shape index (κ3) is 25.1. The summed E-state index contributed by atoms with van der Waals surface area (Å²) in [5, 5.41) is 0. The lowest BCUT2D eigenvalue weighted by atomic mass is 10.1. The summed E-state index contributed by atoms with van der Waals surface area (Å²) in [5.74, 6) is 2.10. The maximum atomic E-state index is 4.15. The van der Waals surface area contributed by atoms with E-state index in [1.54, 1.807) is 0 Å². The van der Waals surface area contributed by atoms with Gasteiger partial charge in [-0.3, -0.25) is 0 Å². The Bertz CT molecular complexity index is 103. The molecule has 0 rings (SSSR count). The molecule has 0 aliphatic carbocycles. The van der Waals surface area contributed by atoms with Crippen LogP contribution in [0.25, 0.3) is 0 Å². The molecular formula is C12H26I2S2. The molecule has 0 unspecified atom stereocenters. The van der Waals surface area contributed by atoms with Gasteiger partial charge in [-0.2, -0.15) is 25.3 Å². The first-order chi connectivity index (χ1) is 7.68. The van der Waals surface area contributed by atoms with Gasteiger partial charge in [0.15, 0.2) is 0 Å². The molecule has 0 N–H and O–H groups in total. The summed E-state index contributed by atoms with van der Waals surface area (Å²) in [6, 6.07) is 0. The normalized spacial score (nSPS) is 10.1. The van der Waals surface area contributed by atoms with Crippen LogP contribution in [0.4, 0.5) is 0 Å². The first kappa shape index (κ1) is 20.5. The van der Waals surface area contributed by atoms with Gasteiger partial charge < -0.3 is 0 Å². The van der Waals surface area contributed by atoms with Gasteiger partial charge in [0.1, 0.15) is 0 Å². The highest BCUT2D eigenvalue weighted by atomic mass is 127. The maximum Gasteiger partial charge on any atom is 0.0626 e. The van der Waals surface area contributed by atoms with E-state index in [-0.39, 0.29) is 0 Å². The fraction of sp³-hybridized carbons (Fsp3) is 1.00. The Labute approximate surface area is 141 Å². The summed E-state index contributed by atoms with van der Waals surface area (Å²) in [7, 11) is 0. The Balaban J connectivity index is 0. The monoisotopic (exact) mass is 488 g/mol. The molecule has 0 saturated carbocycles. The van der Waals surface area contributed by atoms with E-state index in [1.165, 1.54) is 51.4 Å². The molecule has 0 atom stereocenters. The first-order valence-corrected chi connectivity index (χ1v) is 9.94. The van der Waals surface area contributed by atoms with Crippen molar-refractivity contribution in [3.63, 3.8) is 0 Å². The Morgan fingerprint density at radius 1 is 0.812 bits per heavy atom. The molecule has 0 fully saturated rings. The van der Waals surface area contributed by atoms with E-state index in [9.17, 15) is 0 Å². The smallest absolute Gasteiger partial charge is 0.0626 e. The second kappa shape index (κ2) is 19.5. The lowest BCUT2D eigenvalue weighted by Gasteiger charge is -1.97. The number of unbranched alkanes of at least 4 members (excludes halogenated alkanes) is 5. The van der Waals surface area contributed by atoms with E-state index in [1.807, 2.05) is 0 Å². The van der Waals surface area contributed by atoms with Crippen LogP contribution < -0.4 is 0 Å². The van der Waals surface area contributed by atoms with Crippen molar-refractivity contribution in [2.75, 3.05) is 11.5 Å². The van der Waals surface area contributed by atoms with Crippen molar-refractivity contribution in [3.05, 3.63) is 0 Å². The largest absolute Gasteiger partial charge is 0.179 e. The van der Waals surface area contributed by atoms with Crippen LogP contribution in [0.15, 0.2) is 0 Å². The zero-order valence-electron chi connectivity index (χ0n) is 10.3. The minimum atomic E-state index is 0.838. The van der Waals surface area contributed by atoms with E-state index < -0.39 is 0 Å². The average molecular weight is 488 g/mol.